The van der Waals surface area contributed by atoms with Crippen LogP contribution in [0, 0.1) is 12.9 Å². The van der Waals surface area contributed by atoms with Gasteiger partial charge in [0.05, 0.1) is 0 Å². The molecule has 24 heavy (non-hydrogen) atoms. The summed E-state index contributed by atoms with van der Waals surface area (Å²) in [6.45, 7) is 3.87. The van der Waals surface area contributed by atoms with Gasteiger partial charge in [0, 0.05) is 19.2 Å². The summed E-state index contributed by atoms with van der Waals surface area (Å²) in [5, 5.41) is 3.84. The van der Waals surface area contributed by atoms with E-state index in [0.717, 1.165) is 6.42 Å². The lowest BCUT2D eigenvalue weighted by molar-refractivity contribution is 0.0759. The second-order valence-corrected chi connectivity index (χ2v) is 5.63. The maximum Gasteiger partial charge on any atom is 0.277 e. The van der Waals surface area contributed by atoms with Gasteiger partial charge in [-0.1, -0.05) is 18.1 Å². The summed E-state index contributed by atoms with van der Waals surface area (Å²) in [4.78, 5) is 22.1. The number of hydrogen-bond donors (Lipinski definition) is 0. The van der Waals surface area contributed by atoms with Crippen molar-refractivity contribution in [1.29, 1.82) is 0 Å². The minimum atomic E-state index is -0.669. The Morgan fingerprint density at radius 1 is 1.38 bits per heavy atom. The van der Waals surface area contributed by atoms with Crippen molar-refractivity contribution in [2.75, 3.05) is 7.05 Å². The SMILES string of the molecule is CCCc1noc(CN(C)C(=O)c2nc3cccc(C)n3c2F)n1. The normalized spacial score (nSPS) is 11.2. The quantitative estimate of drug-likeness (QED) is 0.717. The molecule has 0 aromatic carbocycles. The Labute approximate surface area is 138 Å². The fourth-order valence-corrected chi connectivity index (χ4v) is 2.48. The number of imidazole rings is 1. The second kappa shape index (κ2) is 6.38. The third-order valence-electron chi connectivity index (χ3n) is 3.69. The van der Waals surface area contributed by atoms with E-state index in [9.17, 15) is 9.18 Å². The van der Waals surface area contributed by atoms with Crippen molar-refractivity contribution in [2.24, 2.45) is 0 Å². The summed E-state index contributed by atoms with van der Waals surface area (Å²) < 4.78 is 21.0. The Morgan fingerprint density at radius 3 is 2.88 bits per heavy atom. The third kappa shape index (κ3) is 2.86. The van der Waals surface area contributed by atoms with E-state index in [4.69, 9.17) is 4.52 Å². The first-order chi connectivity index (χ1) is 11.5. The zero-order valence-corrected chi connectivity index (χ0v) is 13.8. The van der Waals surface area contributed by atoms with E-state index in [0.29, 0.717) is 29.5 Å². The van der Waals surface area contributed by atoms with E-state index in [2.05, 4.69) is 15.1 Å². The molecule has 126 valence electrons. The summed E-state index contributed by atoms with van der Waals surface area (Å²) in [5.74, 6) is -0.291. The number of carbonyl (C=O) groups excluding carboxylic acids is 1. The molecule has 3 aromatic heterocycles. The summed E-state index contributed by atoms with van der Waals surface area (Å²) in [5.41, 5.74) is 0.840. The molecule has 3 heterocycles. The second-order valence-electron chi connectivity index (χ2n) is 5.63. The van der Waals surface area contributed by atoms with Crippen LogP contribution in [0.2, 0.25) is 0 Å². The van der Waals surface area contributed by atoms with Gasteiger partial charge in [0.1, 0.15) is 12.2 Å². The number of aryl methyl sites for hydroxylation is 2. The summed E-state index contributed by atoms with van der Waals surface area (Å²) in [6, 6.07) is 5.17. The largest absolute Gasteiger partial charge is 0.337 e. The number of aromatic nitrogens is 4. The molecule has 7 nitrogen and oxygen atoms in total. The molecule has 0 aliphatic rings. The molecule has 0 spiro atoms. The molecule has 0 radical (unpaired) electrons. The third-order valence-corrected chi connectivity index (χ3v) is 3.69. The Balaban J connectivity index is 1.83. The standard InChI is InChI=1S/C16H18FN5O2/c1-4-6-11-18-13(24-20-11)9-21(3)16(23)14-15(17)22-10(2)7-5-8-12(22)19-14/h5,7-8H,4,6,9H2,1-3H3. The lowest BCUT2D eigenvalue weighted by Crippen LogP contribution is -2.27. The molecule has 0 saturated heterocycles. The fraction of sp³-hybridized carbons (Fsp3) is 0.375. The summed E-state index contributed by atoms with van der Waals surface area (Å²) >= 11 is 0. The van der Waals surface area contributed by atoms with Gasteiger partial charge in [-0.2, -0.15) is 9.37 Å². The van der Waals surface area contributed by atoms with E-state index in [1.54, 1.807) is 32.2 Å². The molecule has 0 unspecified atom stereocenters. The van der Waals surface area contributed by atoms with Crippen LogP contribution >= 0.6 is 0 Å². The molecule has 0 N–H and O–H groups in total. The van der Waals surface area contributed by atoms with Gasteiger partial charge in [0.2, 0.25) is 11.8 Å². The van der Waals surface area contributed by atoms with Gasteiger partial charge in [-0.15, -0.1) is 0 Å². The minimum Gasteiger partial charge on any atom is -0.337 e. The average Bonchev–Trinajstić information content (AvgIpc) is 3.12. The molecule has 1 amide bonds. The van der Waals surface area contributed by atoms with E-state index in [1.165, 1.54) is 9.30 Å². The lowest BCUT2D eigenvalue weighted by atomic mass is 10.3. The first kappa shape index (κ1) is 16.1. The Morgan fingerprint density at radius 2 is 2.17 bits per heavy atom. The highest BCUT2D eigenvalue weighted by atomic mass is 19.1. The number of fused-ring (bicyclic) bond motifs is 1. The van der Waals surface area contributed by atoms with Crippen molar-refractivity contribution < 1.29 is 13.7 Å². The zero-order valence-electron chi connectivity index (χ0n) is 13.8. The number of halogens is 1. The molecule has 0 fully saturated rings. The van der Waals surface area contributed by atoms with Crippen molar-refractivity contribution in [2.45, 2.75) is 33.2 Å². The van der Waals surface area contributed by atoms with Crippen LogP contribution in [0.1, 0.15) is 41.2 Å². The van der Waals surface area contributed by atoms with Gasteiger partial charge in [-0.05, 0) is 25.5 Å². The van der Waals surface area contributed by atoms with E-state index >= 15 is 0 Å². The summed E-state index contributed by atoms with van der Waals surface area (Å²) in [7, 11) is 1.54. The monoisotopic (exact) mass is 331 g/mol. The number of amides is 1. The van der Waals surface area contributed by atoms with Crippen LogP contribution in [0.5, 0.6) is 0 Å². The maximum absolute atomic E-state index is 14.5. The first-order valence-corrected chi connectivity index (χ1v) is 7.71. The maximum atomic E-state index is 14.5. The number of rotatable bonds is 5. The van der Waals surface area contributed by atoms with E-state index < -0.39 is 11.9 Å². The van der Waals surface area contributed by atoms with Gasteiger partial charge in [-0.3, -0.25) is 9.20 Å². The molecule has 0 bridgehead atoms. The molecule has 0 aliphatic heterocycles. The molecule has 0 aliphatic carbocycles. The molecule has 0 saturated carbocycles. The lowest BCUT2D eigenvalue weighted by Gasteiger charge is -2.12. The van der Waals surface area contributed by atoms with Crippen molar-refractivity contribution in [3.05, 3.63) is 47.2 Å². The van der Waals surface area contributed by atoms with Gasteiger partial charge in [0.15, 0.2) is 11.5 Å². The molecule has 8 heteroatoms. The Bertz CT molecular complexity index is 886. The predicted molar refractivity (Wildman–Crippen MR) is 84.0 cm³/mol. The molecule has 0 atom stereocenters. The van der Waals surface area contributed by atoms with Crippen LogP contribution < -0.4 is 0 Å². The zero-order chi connectivity index (χ0) is 17.3. The molecular formula is C16H18FN5O2. The minimum absolute atomic E-state index is 0.0990. The number of carbonyl (C=O) groups is 1. The fourth-order valence-electron chi connectivity index (χ4n) is 2.48. The van der Waals surface area contributed by atoms with E-state index in [1.807, 2.05) is 6.92 Å². The van der Waals surface area contributed by atoms with Crippen LogP contribution in [0.4, 0.5) is 4.39 Å². The Kier molecular flexibility index (Phi) is 4.28. The highest BCUT2D eigenvalue weighted by Crippen LogP contribution is 2.16. The van der Waals surface area contributed by atoms with Crippen LogP contribution in [-0.4, -0.2) is 37.4 Å². The van der Waals surface area contributed by atoms with Gasteiger partial charge < -0.3 is 9.42 Å². The van der Waals surface area contributed by atoms with Gasteiger partial charge in [0.25, 0.3) is 5.91 Å². The Hall–Kier alpha value is -2.77. The smallest absolute Gasteiger partial charge is 0.277 e. The van der Waals surface area contributed by atoms with Crippen molar-refractivity contribution >= 4 is 11.6 Å². The number of pyridine rings is 1. The van der Waals surface area contributed by atoms with Crippen molar-refractivity contribution in [3.8, 4) is 0 Å². The number of hydrogen-bond acceptors (Lipinski definition) is 5. The number of nitrogens with zero attached hydrogens (tertiary/aromatic N) is 5. The predicted octanol–water partition coefficient (Wildman–Crippen LogP) is 2.39. The van der Waals surface area contributed by atoms with E-state index in [-0.39, 0.29) is 12.2 Å². The molecule has 3 aromatic rings. The highest BCUT2D eigenvalue weighted by molar-refractivity contribution is 5.93. The average molecular weight is 331 g/mol. The highest BCUT2D eigenvalue weighted by Gasteiger charge is 2.24. The van der Waals surface area contributed by atoms with Crippen LogP contribution in [0.3, 0.4) is 0 Å². The van der Waals surface area contributed by atoms with Crippen LogP contribution in [0.15, 0.2) is 22.7 Å². The van der Waals surface area contributed by atoms with Crippen LogP contribution in [0.25, 0.3) is 5.65 Å². The molecular weight excluding hydrogens is 313 g/mol. The summed E-state index contributed by atoms with van der Waals surface area (Å²) in [6.07, 6.45) is 1.61. The van der Waals surface area contributed by atoms with Crippen molar-refractivity contribution in [3.63, 3.8) is 0 Å². The first-order valence-electron chi connectivity index (χ1n) is 7.71. The topological polar surface area (TPSA) is 76.5 Å². The van der Waals surface area contributed by atoms with Crippen LogP contribution in [-0.2, 0) is 13.0 Å². The molecule has 3 rings (SSSR count). The van der Waals surface area contributed by atoms with Gasteiger partial charge >= 0.3 is 0 Å². The van der Waals surface area contributed by atoms with Gasteiger partial charge in [-0.25, -0.2) is 4.98 Å². The van der Waals surface area contributed by atoms with Crippen molar-refractivity contribution in [1.82, 2.24) is 24.4 Å².